The van der Waals surface area contributed by atoms with Crippen LogP contribution in [0.1, 0.15) is 36.8 Å². The van der Waals surface area contributed by atoms with Gasteiger partial charge in [-0.1, -0.05) is 73.5 Å². The van der Waals surface area contributed by atoms with Crippen LogP contribution in [-0.2, 0) is 21.6 Å². The van der Waals surface area contributed by atoms with Crippen molar-refractivity contribution in [3.63, 3.8) is 0 Å². The average Bonchev–Trinajstić information content (AvgIpc) is 3.21. The minimum absolute atomic E-state index is 0.00470. The van der Waals surface area contributed by atoms with Gasteiger partial charge < -0.3 is 15.4 Å². The molecule has 0 spiro atoms. The summed E-state index contributed by atoms with van der Waals surface area (Å²) in [5.41, 5.74) is 2.19. The van der Waals surface area contributed by atoms with Gasteiger partial charge in [0.25, 0.3) is 0 Å². The van der Waals surface area contributed by atoms with Crippen LogP contribution in [0, 0.1) is 0 Å². The first-order valence-electron chi connectivity index (χ1n) is 9.45. The van der Waals surface area contributed by atoms with Crippen molar-refractivity contribution in [3.8, 4) is 0 Å². The molecule has 0 aliphatic heterocycles. The fraction of sp³-hybridized carbons (Fsp3) is 0.364. The number of hydrogen-bond donors (Lipinski definition) is 2. The summed E-state index contributed by atoms with van der Waals surface area (Å²) >= 11 is 0. The lowest BCUT2D eigenvalue weighted by atomic mass is 9.79. The van der Waals surface area contributed by atoms with Crippen molar-refractivity contribution in [1.82, 2.24) is 10.6 Å². The van der Waals surface area contributed by atoms with Crippen molar-refractivity contribution in [1.29, 1.82) is 0 Å². The van der Waals surface area contributed by atoms with Crippen LogP contribution in [0.15, 0.2) is 60.7 Å². The number of carbonyl (C=O) groups is 2. The number of hydrogen-bond acceptors (Lipinski definition) is 3. The molecule has 2 aromatic rings. The zero-order valence-corrected chi connectivity index (χ0v) is 15.4. The Kier molecular flexibility index (Phi) is 6.47. The Hall–Kier alpha value is -2.82. The molecule has 2 N–H and O–H groups in total. The fourth-order valence-electron chi connectivity index (χ4n) is 3.67. The second-order valence-electron chi connectivity index (χ2n) is 7.05. The molecule has 1 aliphatic rings. The number of rotatable bonds is 7. The van der Waals surface area contributed by atoms with Gasteiger partial charge in [0.2, 0.25) is 5.91 Å². The molecule has 142 valence electrons. The van der Waals surface area contributed by atoms with E-state index in [9.17, 15) is 9.59 Å². The highest BCUT2D eigenvalue weighted by Crippen LogP contribution is 2.40. The molecule has 0 heterocycles. The molecule has 3 rings (SSSR count). The molecular weight excluding hydrogens is 340 g/mol. The van der Waals surface area contributed by atoms with Gasteiger partial charge in [-0.25, -0.2) is 4.79 Å². The molecule has 1 fully saturated rings. The minimum atomic E-state index is -0.590. The lowest BCUT2D eigenvalue weighted by Crippen LogP contribution is -2.43. The molecule has 1 aliphatic carbocycles. The molecule has 0 bridgehead atoms. The lowest BCUT2D eigenvalue weighted by Gasteiger charge is -2.30. The van der Waals surface area contributed by atoms with Gasteiger partial charge in [0.05, 0.1) is 6.54 Å². The molecule has 0 aromatic heterocycles. The van der Waals surface area contributed by atoms with Crippen molar-refractivity contribution in [3.05, 3.63) is 71.8 Å². The highest BCUT2D eigenvalue weighted by atomic mass is 16.5. The fourth-order valence-corrected chi connectivity index (χ4v) is 3.67. The number of carbonyl (C=O) groups excluding carboxylic acids is 2. The van der Waals surface area contributed by atoms with Crippen LogP contribution in [0.25, 0.3) is 0 Å². The standard InChI is InChI=1S/C22H26N2O3/c25-20(15-23-21(26)27-16-18-9-3-1-4-10-18)24-17-22(13-7-8-14-22)19-11-5-2-6-12-19/h1-6,9-12H,7-8,13-17H2,(H,23,26)(H,24,25). The van der Waals surface area contributed by atoms with E-state index in [1.54, 1.807) is 0 Å². The van der Waals surface area contributed by atoms with Gasteiger partial charge in [-0.15, -0.1) is 0 Å². The molecule has 0 unspecified atom stereocenters. The van der Waals surface area contributed by atoms with E-state index < -0.39 is 6.09 Å². The monoisotopic (exact) mass is 366 g/mol. The Balaban J connectivity index is 1.43. The largest absolute Gasteiger partial charge is 0.445 e. The van der Waals surface area contributed by atoms with E-state index in [2.05, 4.69) is 22.8 Å². The second kappa shape index (κ2) is 9.21. The smallest absolute Gasteiger partial charge is 0.407 e. The number of nitrogens with one attached hydrogen (secondary N) is 2. The molecule has 1 saturated carbocycles. The highest BCUT2D eigenvalue weighted by Gasteiger charge is 2.35. The summed E-state index contributed by atoms with van der Waals surface area (Å²) in [5, 5.41) is 5.49. The first kappa shape index (κ1) is 19.0. The van der Waals surface area contributed by atoms with Crippen LogP contribution in [-0.4, -0.2) is 25.1 Å². The SMILES string of the molecule is O=C(CNC(=O)OCc1ccccc1)NCC1(c2ccccc2)CCCC1. The summed E-state index contributed by atoms with van der Waals surface area (Å²) in [4.78, 5) is 23.9. The third-order valence-corrected chi connectivity index (χ3v) is 5.18. The van der Waals surface area contributed by atoms with E-state index in [-0.39, 0.29) is 24.5 Å². The predicted octanol–water partition coefficient (Wildman–Crippen LogP) is 3.54. The summed E-state index contributed by atoms with van der Waals surface area (Å²) < 4.78 is 5.12. The van der Waals surface area contributed by atoms with Crippen LogP contribution < -0.4 is 10.6 Å². The van der Waals surface area contributed by atoms with Crippen molar-refractivity contribution in [2.45, 2.75) is 37.7 Å². The minimum Gasteiger partial charge on any atom is -0.445 e. The van der Waals surface area contributed by atoms with Crippen LogP contribution in [0.4, 0.5) is 4.79 Å². The molecule has 0 saturated heterocycles. The maximum absolute atomic E-state index is 12.2. The van der Waals surface area contributed by atoms with E-state index >= 15 is 0 Å². The van der Waals surface area contributed by atoms with Gasteiger partial charge >= 0.3 is 6.09 Å². The van der Waals surface area contributed by atoms with Gasteiger partial charge in [-0.3, -0.25) is 4.79 Å². The van der Waals surface area contributed by atoms with Crippen LogP contribution in [0.2, 0.25) is 0 Å². The van der Waals surface area contributed by atoms with Crippen LogP contribution in [0.3, 0.4) is 0 Å². The Morgan fingerprint density at radius 3 is 2.19 bits per heavy atom. The third kappa shape index (κ3) is 5.33. The molecule has 2 aromatic carbocycles. The zero-order valence-electron chi connectivity index (χ0n) is 15.4. The van der Waals surface area contributed by atoms with Crippen molar-refractivity contribution >= 4 is 12.0 Å². The molecule has 0 radical (unpaired) electrons. The van der Waals surface area contributed by atoms with E-state index in [4.69, 9.17) is 4.74 Å². The predicted molar refractivity (Wildman–Crippen MR) is 104 cm³/mol. The van der Waals surface area contributed by atoms with Crippen molar-refractivity contribution in [2.24, 2.45) is 0 Å². The average molecular weight is 366 g/mol. The summed E-state index contributed by atoms with van der Waals surface area (Å²) in [7, 11) is 0. The number of amides is 2. The third-order valence-electron chi connectivity index (χ3n) is 5.18. The Labute approximate surface area is 160 Å². The van der Waals surface area contributed by atoms with Gasteiger partial charge in [-0.05, 0) is 24.0 Å². The normalized spacial score (nSPS) is 15.1. The van der Waals surface area contributed by atoms with Gasteiger partial charge in [0.15, 0.2) is 0 Å². The molecule has 27 heavy (non-hydrogen) atoms. The Morgan fingerprint density at radius 2 is 1.52 bits per heavy atom. The van der Waals surface area contributed by atoms with Crippen LogP contribution in [0.5, 0.6) is 0 Å². The lowest BCUT2D eigenvalue weighted by molar-refractivity contribution is -0.120. The van der Waals surface area contributed by atoms with Gasteiger partial charge in [0.1, 0.15) is 6.61 Å². The Morgan fingerprint density at radius 1 is 0.889 bits per heavy atom. The molecule has 2 amide bonds. The summed E-state index contributed by atoms with van der Waals surface area (Å²) in [5.74, 6) is -0.200. The number of ether oxygens (including phenoxy) is 1. The summed E-state index contributed by atoms with van der Waals surface area (Å²) in [6.45, 7) is 0.695. The maximum Gasteiger partial charge on any atom is 0.407 e. The van der Waals surface area contributed by atoms with E-state index in [1.165, 1.54) is 18.4 Å². The van der Waals surface area contributed by atoms with Crippen molar-refractivity contribution in [2.75, 3.05) is 13.1 Å². The molecule has 5 heteroatoms. The van der Waals surface area contributed by atoms with Crippen LogP contribution >= 0.6 is 0 Å². The first-order valence-corrected chi connectivity index (χ1v) is 9.45. The maximum atomic E-state index is 12.2. The summed E-state index contributed by atoms with van der Waals surface area (Å²) in [6, 6.07) is 19.8. The van der Waals surface area contributed by atoms with E-state index in [0.29, 0.717) is 6.54 Å². The Bertz CT molecular complexity index is 741. The second-order valence-corrected chi connectivity index (χ2v) is 7.05. The topological polar surface area (TPSA) is 67.4 Å². The number of benzene rings is 2. The molecule has 5 nitrogen and oxygen atoms in total. The summed E-state index contributed by atoms with van der Waals surface area (Å²) in [6.07, 6.45) is 3.91. The first-order chi connectivity index (χ1) is 13.2. The highest BCUT2D eigenvalue weighted by molar-refractivity contribution is 5.82. The zero-order chi connectivity index (χ0) is 19.0. The quantitative estimate of drug-likeness (QED) is 0.788. The van der Waals surface area contributed by atoms with E-state index in [0.717, 1.165) is 18.4 Å². The number of alkyl carbamates (subject to hydrolysis) is 1. The van der Waals surface area contributed by atoms with Gasteiger partial charge in [-0.2, -0.15) is 0 Å². The van der Waals surface area contributed by atoms with Crippen molar-refractivity contribution < 1.29 is 14.3 Å². The van der Waals surface area contributed by atoms with E-state index in [1.807, 2.05) is 48.5 Å². The molecule has 0 atom stereocenters. The van der Waals surface area contributed by atoms with Gasteiger partial charge in [0, 0.05) is 12.0 Å². The molecular formula is C22H26N2O3.